The lowest BCUT2D eigenvalue weighted by atomic mass is 9.87. The second-order valence-electron chi connectivity index (χ2n) is 4.87. The van der Waals surface area contributed by atoms with Crippen LogP contribution in [0.25, 0.3) is 0 Å². The number of carbonyl (C=O) groups is 1. The molecule has 0 heterocycles. The summed E-state index contributed by atoms with van der Waals surface area (Å²) in [6.07, 6.45) is 0. The molecule has 0 fully saturated rings. The van der Waals surface area contributed by atoms with Crippen molar-refractivity contribution >= 4 is 5.78 Å². The van der Waals surface area contributed by atoms with E-state index in [1.165, 1.54) is 11.1 Å². The maximum atomic E-state index is 11.9. The molecule has 0 aliphatic carbocycles. The number of ketones is 1. The highest BCUT2D eigenvalue weighted by molar-refractivity contribution is 5.87. The van der Waals surface area contributed by atoms with Crippen molar-refractivity contribution in [2.24, 2.45) is 0 Å². The number of rotatable bonds is 3. The smallest absolute Gasteiger partial charge is 0.141 e. The summed E-state index contributed by atoms with van der Waals surface area (Å²) in [5.41, 5.74) is 4.54. The fourth-order valence-corrected chi connectivity index (χ4v) is 2.27. The lowest BCUT2D eigenvalue weighted by Gasteiger charge is -2.15. The average molecular weight is 238 g/mol. The van der Waals surface area contributed by atoms with Gasteiger partial charge in [0.25, 0.3) is 0 Å². The predicted octanol–water partition coefficient (Wildman–Crippen LogP) is 4.02. The molecule has 18 heavy (non-hydrogen) atoms. The molecule has 0 saturated heterocycles. The largest absolute Gasteiger partial charge is 0.299 e. The summed E-state index contributed by atoms with van der Waals surface area (Å²) < 4.78 is 0. The van der Waals surface area contributed by atoms with E-state index in [0.29, 0.717) is 0 Å². The van der Waals surface area contributed by atoms with Crippen molar-refractivity contribution in [1.82, 2.24) is 0 Å². The Balaban J connectivity index is 2.46. The number of carbonyl (C=O) groups excluding carboxylic acids is 1. The van der Waals surface area contributed by atoms with Gasteiger partial charge in [-0.05, 0) is 31.9 Å². The molecular weight excluding hydrogens is 220 g/mol. The van der Waals surface area contributed by atoms with Crippen molar-refractivity contribution in [2.45, 2.75) is 26.7 Å². The molecule has 2 rings (SSSR count). The third-order valence-electron chi connectivity index (χ3n) is 3.19. The van der Waals surface area contributed by atoms with E-state index >= 15 is 0 Å². The van der Waals surface area contributed by atoms with E-state index in [0.717, 1.165) is 11.1 Å². The lowest BCUT2D eigenvalue weighted by molar-refractivity contribution is -0.117. The summed E-state index contributed by atoms with van der Waals surface area (Å²) in [6, 6.07) is 16.4. The average Bonchev–Trinajstić information content (AvgIpc) is 2.32. The van der Waals surface area contributed by atoms with E-state index in [-0.39, 0.29) is 11.7 Å². The summed E-state index contributed by atoms with van der Waals surface area (Å²) in [7, 11) is 0. The van der Waals surface area contributed by atoms with E-state index in [9.17, 15) is 4.79 Å². The van der Waals surface area contributed by atoms with Crippen molar-refractivity contribution < 1.29 is 4.79 Å². The van der Waals surface area contributed by atoms with Crippen LogP contribution in [-0.2, 0) is 4.79 Å². The van der Waals surface area contributed by atoms with E-state index in [4.69, 9.17) is 0 Å². The molecule has 2 aromatic rings. The topological polar surface area (TPSA) is 17.1 Å². The Hall–Kier alpha value is -1.89. The minimum absolute atomic E-state index is 0.148. The Morgan fingerprint density at radius 3 is 2.11 bits per heavy atom. The molecule has 92 valence electrons. The maximum absolute atomic E-state index is 11.9. The normalized spacial score (nSPS) is 12.2. The van der Waals surface area contributed by atoms with Crippen LogP contribution in [0.1, 0.15) is 35.1 Å². The molecule has 0 spiro atoms. The number of hydrogen-bond donors (Lipinski definition) is 0. The number of Topliss-reactive ketones (excluding diaryl/α,β-unsaturated/α-hetero) is 1. The number of aryl methyl sites for hydroxylation is 2. The molecule has 0 aliphatic heterocycles. The van der Waals surface area contributed by atoms with Crippen molar-refractivity contribution in [1.29, 1.82) is 0 Å². The molecular formula is C17H18O. The van der Waals surface area contributed by atoms with Crippen LogP contribution in [0.5, 0.6) is 0 Å². The van der Waals surface area contributed by atoms with Crippen molar-refractivity contribution in [3.05, 3.63) is 70.8 Å². The van der Waals surface area contributed by atoms with E-state index < -0.39 is 0 Å². The van der Waals surface area contributed by atoms with Crippen LogP contribution in [0, 0.1) is 13.8 Å². The first-order valence-electron chi connectivity index (χ1n) is 6.21. The molecule has 0 amide bonds. The standard InChI is InChI=1S/C17H18O/c1-12-7-9-15(10-8-12)17(14(3)18)16-6-4-5-13(2)11-16/h4-11,17H,1-3H3. The maximum Gasteiger partial charge on any atom is 0.141 e. The molecule has 0 radical (unpaired) electrons. The van der Waals surface area contributed by atoms with E-state index in [2.05, 4.69) is 38.1 Å². The zero-order valence-electron chi connectivity index (χ0n) is 11.1. The van der Waals surface area contributed by atoms with Gasteiger partial charge >= 0.3 is 0 Å². The molecule has 1 unspecified atom stereocenters. The molecule has 1 heteroatoms. The van der Waals surface area contributed by atoms with Gasteiger partial charge in [0.1, 0.15) is 5.78 Å². The van der Waals surface area contributed by atoms with Gasteiger partial charge in [0.2, 0.25) is 0 Å². The highest BCUT2D eigenvalue weighted by atomic mass is 16.1. The van der Waals surface area contributed by atoms with Crippen LogP contribution < -0.4 is 0 Å². The summed E-state index contributed by atoms with van der Waals surface area (Å²) >= 11 is 0. The zero-order valence-corrected chi connectivity index (χ0v) is 11.1. The summed E-state index contributed by atoms with van der Waals surface area (Å²) in [5, 5.41) is 0. The van der Waals surface area contributed by atoms with Crippen molar-refractivity contribution in [3.8, 4) is 0 Å². The van der Waals surface area contributed by atoms with Crippen LogP contribution in [0.15, 0.2) is 48.5 Å². The van der Waals surface area contributed by atoms with Gasteiger partial charge in [0.15, 0.2) is 0 Å². The SMILES string of the molecule is CC(=O)C(c1ccc(C)cc1)c1cccc(C)c1. The molecule has 0 bridgehead atoms. The predicted molar refractivity (Wildman–Crippen MR) is 74.9 cm³/mol. The second-order valence-corrected chi connectivity index (χ2v) is 4.87. The third-order valence-corrected chi connectivity index (χ3v) is 3.19. The van der Waals surface area contributed by atoms with Crippen LogP contribution in [0.3, 0.4) is 0 Å². The highest BCUT2D eigenvalue weighted by Gasteiger charge is 2.18. The Kier molecular flexibility index (Phi) is 3.61. The summed E-state index contributed by atoms with van der Waals surface area (Å²) in [4.78, 5) is 11.9. The van der Waals surface area contributed by atoms with Crippen LogP contribution in [0.2, 0.25) is 0 Å². The van der Waals surface area contributed by atoms with Crippen LogP contribution >= 0.6 is 0 Å². The van der Waals surface area contributed by atoms with Crippen LogP contribution in [0.4, 0.5) is 0 Å². The Bertz CT molecular complexity index is 552. The Morgan fingerprint density at radius 2 is 1.56 bits per heavy atom. The monoisotopic (exact) mass is 238 g/mol. The fraction of sp³-hybridized carbons (Fsp3) is 0.235. The van der Waals surface area contributed by atoms with Crippen molar-refractivity contribution in [3.63, 3.8) is 0 Å². The zero-order chi connectivity index (χ0) is 13.1. The lowest BCUT2D eigenvalue weighted by Crippen LogP contribution is -2.10. The van der Waals surface area contributed by atoms with Gasteiger partial charge in [-0.1, -0.05) is 59.7 Å². The highest BCUT2D eigenvalue weighted by Crippen LogP contribution is 2.26. The van der Waals surface area contributed by atoms with Gasteiger partial charge < -0.3 is 0 Å². The van der Waals surface area contributed by atoms with Gasteiger partial charge in [0.05, 0.1) is 5.92 Å². The first kappa shape index (κ1) is 12.6. The summed E-state index contributed by atoms with van der Waals surface area (Å²) in [6.45, 7) is 5.77. The first-order valence-corrected chi connectivity index (χ1v) is 6.21. The van der Waals surface area contributed by atoms with Gasteiger partial charge in [-0.25, -0.2) is 0 Å². The minimum atomic E-state index is -0.148. The van der Waals surface area contributed by atoms with E-state index in [1.54, 1.807) is 6.92 Å². The Labute approximate surface area is 108 Å². The van der Waals surface area contributed by atoms with Gasteiger partial charge in [-0.2, -0.15) is 0 Å². The Morgan fingerprint density at radius 1 is 0.889 bits per heavy atom. The molecule has 1 atom stereocenters. The molecule has 0 saturated carbocycles. The van der Waals surface area contributed by atoms with Crippen molar-refractivity contribution in [2.75, 3.05) is 0 Å². The third kappa shape index (κ3) is 2.67. The molecule has 0 N–H and O–H groups in total. The molecule has 0 aliphatic rings. The number of benzene rings is 2. The van der Waals surface area contributed by atoms with E-state index in [1.807, 2.05) is 24.3 Å². The van der Waals surface area contributed by atoms with Gasteiger partial charge in [0, 0.05) is 0 Å². The quantitative estimate of drug-likeness (QED) is 0.789. The summed E-state index contributed by atoms with van der Waals surface area (Å²) in [5.74, 6) is 0.0370. The van der Waals surface area contributed by atoms with Crippen LogP contribution in [-0.4, -0.2) is 5.78 Å². The van der Waals surface area contributed by atoms with Gasteiger partial charge in [-0.15, -0.1) is 0 Å². The molecule has 2 aromatic carbocycles. The first-order chi connectivity index (χ1) is 8.58. The second kappa shape index (κ2) is 5.18. The van der Waals surface area contributed by atoms with Gasteiger partial charge in [-0.3, -0.25) is 4.79 Å². The fourth-order valence-electron chi connectivity index (χ4n) is 2.27. The minimum Gasteiger partial charge on any atom is -0.299 e. The molecule has 0 aromatic heterocycles. The number of hydrogen-bond acceptors (Lipinski definition) is 1. The molecule has 1 nitrogen and oxygen atoms in total.